The number of anilines is 2. The Morgan fingerprint density at radius 3 is 1.28 bits per heavy atom. The van der Waals surface area contributed by atoms with Crippen LogP contribution in [0.4, 0.5) is 11.4 Å². The van der Waals surface area contributed by atoms with Crippen LogP contribution in [-0.2, 0) is 9.59 Å². The Kier molecular flexibility index (Phi) is 16.1. The van der Waals surface area contributed by atoms with Gasteiger partial charge < -0.3 is 35.5 Å². The van der Waals surface area contributed by atoms with Crippen LogP contribution in [0.25, 0.3) is 11.4 Å². The van der Waals surface area contributed by atoms with Gasteiger partial charge in [0.05, 0.1) is 12.7 Å². The Balaban J connectivity index is 0.000000242. The van der Waals surface area contributed by atoms with Crippen molar-refractivity contribution in [2.45, 2.75) is 126 Å². The third-order valence-corrected chi connectivity index (χ3v) is 13.4. The first-order chi connectivity index (χ1) is 25.6. The van der Waals surface area contributed by atoms with Crippen molar-refractivity contribution in [3.05, 3.63) is 86.0 Å². The van der Waals surface area contributed by atoms with Crippen molar-refractivity contribution in [1.82, 2.24) is 19.1 Å². The molecule has 320 valence electrons. The molecule has 8 saturated carbocycles. The normalized spacial score (nSPS) is 29.7. The second kappa shape index (κ2) is 19.5. The number of rotatable bonds is 7. The van der Waals surface area contributed by atoms with Gasteiger partial charge in [0.15, 0.2) is 6.10 Å². The summed E-state index contributed by atoms with van der Waals surface area (Å²) >= 11 is 0. The summed E-state index contributed by atoms with van der Waals surface area (Å²) in [6.07, 6.45) is 22.4. The van der Waals surface area contributed by atoms with Gasteiger partial charge in [-0.25, -0.2) is 14.8 Å². The van der Waals surface area contributed by atoms with Crippen molar-refractivity contribution >= 4 is 23.3 Å². The standard InChI is InChI=1S/C21H25N3O2.C12H18O3.C9H9N3.5CH4/c25-19(21-10-14-7-15(11-21)9-16(8-14)12-21)20(26)23-17-1-3-18(4-2-17)24-6-5-22-13-24;13-10(11(14)15)12-4-7-1-8(5-12)3-9(2-7)6-12;10-8-1-3-9(4-2-8)12-6-5-11-7-12;;;;;/h1-6,13-16,19,25H,7-12H2,(H,23,26);7-10,13H,1-6H2,(H,14,15);1-7H,10H2;5*1H4. The van der Waals surface area contributed by atoms with Gasteiger partial charge in [-0.3, -0.25) is 4.79 Å². The number of nitrogens with one attached hydrogen (secondary N) is 1. The minimum Gasteiger partial charge on any atom is -0.479 e. The predicted molar refractivity (Wildman–Crippen MR) is 235 cm³/mol. The molecule has 4 aromatic rings. The number of hydrogen-bond acceptors (Lipinski definition) is 7. The van der Waals surface area contributed by atoms with Crippen LogP contribution in [-0.4, -0.2) is 58.5 Å². The van der Waals surface area contributed by atoms with Crippen molar-refractivity contribution in [3.63, 3.8) is 0 Å². The van der Waals surface area contributed by atoms with Crippen LogP contribution >= 0.6 is 0 Å². The summed E-state index contributed by atoms with van der Waals surface area (Å²) < 4.78 is 3.84. The van der Waals surface area contributed by atoms with Gasteiger partial charge in [-0.2, -0.15) is 0 Å². The van der Waals surface area contributed by atoms with Crippen LogP contribution in [0.3, 0.4) is 0 Å². The summed E-state index contributed by atoms with van der Waals surface area (Å²) in [6.45, 7) is 0. The molecule has 2 unspecified atom stereocenters. The minimum absolute atomic E-state index is 0. The molecule has 2 aromatic carbocycles. The number of aliphatic carboxylic acids is 1. The maximum absolute atomic E-state index is 12.8. The van der Waals surface area contributed by atoms with Gasteiger partial charge in [-0.1, -0.05) is 37.1 Å². The van der Waals surface area contributed by atoms with E-state index in [1.807, 2.05) is 70.1 Å². The number of carboxylic acids is 1. The number of carboxylic acid groups (broad SMARTS) is 1. The molecule has 12 rings (SSSR count). The number of amides is 1. The van der Waals surface area contributed by atoms with E-state index >= 15 is 0 Å². The highest BCUT2D eigenvalue weighted by Crippen LogP contribution is 2.62. The highest BCUT2D eigenvalue weighted by atomic mass is 16.4. The number of nitrogen functional groups attached to an aromatic ring is 1. The van der Waals surface area contributed by atoms with E-state index in [4.69, 9.17) is 10.8 Å². The molecule has 2 heterocycles. The minimum atomic E-state index is -1.12. The molecule has 0 radical (unpaired) electrons. The largest absolute Gasteiger partial charge is 0.479 e. The number of aliphatic hydroxyl groups excluding tert-OH is 2. The number of nitrogens with two attached hydrogens (primary N) is 1. The van der Waals surface area contributed by atoms with Gasteiger partial charge in [0.25, 0.3) is 5.91 Å². The fourth-order valence-electron chi connectivity index (χ4n) is 12.0. The molecule has 8 fully saturated rings. The second-order valence-corrected chi connectivity index (χ2v) is 17.3. The van der Waals surface area contributed by atoms with Crippen molar-refractivity contribution in [2.75, 3.05) is 11.1 Å². The van der Waals surface area contributed by atoms with E-state index in [1.165, 1.54) is 38.5 Å². The lowest BCUT2D eigenvalue weighted by Crippen LogP contribution is -2.55. The molecule has 58 heavy (non-hydrogen) atoms. The molecule has 2 atom stereocenters. The maximum Gasteiger partial charge on any atom is 0.333 e. The third kappa shape index (κ3) is 9.85. The Labute approximate surface area is 347 Å². The predicted octanol–water partition coefficient (Wildman–Crippen LogP) is 9.67. The molecule has 6 N–H and O–H groups in total. The van der Waals surface area contributed by atoms with E-state index in [0.717, 1.165) is 79.0 Å². The topological polar surface area (TPSA) is 169 Å². The fraction of sp³-hybridized carbons (Fsp3) is 0.574. The zero-order chi connectivity index (χ0) is 36.7. The number of carbonyl (C=O) groups excluding carboxylic acids is 1. The van der Waals surface area contributed by atoms with Crippen LogP contribution < -0.4 is 11.1 Å². The quantitative estimate of drug-likeness (QED) is 0.115. The summed E-state index contributed by atoms with van der Waals surface area (Å²) in [7, 11) is 0. The Morgan fingerprint density at radius 1 is 0.603 bits per heavy atom. The summed E-state index contributed by atoms with van der Waals surface area (Å²) in [5, 5.41) is 32.7. The molecule has 0 spiro atoms. The van der Waals surface area contributed by atoms with Crippen LogP contribution in [0.15, 0.2) is 86.0 Å². The lowest BCUT2D eigenvalue weighted by Gasteiger charge is -2.57. The first-order valence-electron chi connectivity index (χ1n) is 19.4. The molecule has 8 aliphatic carbocycles. The molecular formula is C47H72N6O5. The van der Waals surface area contributed by atoms with Gasteiger partial charge >= 0.3 is 5.97 Å². The summed E-state index contributed by atoms with van der Waals surface area (Å²) in [6, 6.07) is 15.3. The van der Waals surface area contributed by atoms with Crippen LogP contribution in [0.2, 0.25) is 0 Å². The van der Waals surface area contributed by atoms with Gasteiger partial charge in [-0.15, -0.1) is 0 Å². The van der Waals surface area contributed by atoms with E-state index in [2.05, 4.69) is 15.3 Å². The number of carbonyl (C=O) groups is 2. The fourth-order valence-corrected chi connectivity index (χ4v) is 12.0. The first-order valence-corrected chi connectivity index (χ1v) is 19.4. The molecule has 0 saturated heterocycles. The van der Waals surface area contributed by atoms with Crippen LogP contribution in [0, 0.1) is 46.3 Å². The summed E-state index contributed by atoms with van der Waals surface area (Å²) in [4.78, 5) is 31.7. The average Bonchev–Trinajstić information content (AvgIpc) is 3.87. The third-order valence-electron chi connectivity index (χ3n) is 13.4. The Bertz CT molecular complexity index is 1790. The lowest BCUT2D eigenvalue weighted by atomic mass is 9.48. The van der Waals surface area contributed by atoms with Gasteiger partial charge in [0, 0.05) is 58.4 Å². The number of imidazole rings is 2. The van der Waals surface area contributed by atoms with Crippen LogP contribution in [0.1, 0.15) is 114 Å². The van der Waals surface area contributed by atoms with Crippen LogP contribution in [0.5, 0.6) is 0 Å². The summed E-state index contributed by atoms with van der Waals surface area (Å²) in [5.41, 5.74) is 8.67. The molecule has 8 bridgehead atoms. The molecule has 2 aromatic heterocycles. The summed E-state index contributed by atoms with van der Waals surface area (Å²) in [5.74, 6) is 2.99. The van der Waals surface area contributed by atoms with Crippen molar-refractivity contribution < 1.29 is 24.9 Å². The number of hydrogen-bond donors (Lipinski definition) is 5. The Morgan fingerprint density at radius 2 is 0.948 bits per heavy atom. The molecule has 8 aliphatic rings. The number of nitrogens with zero attached hydrogens (tertiary/aromatic N) is 4. The molecule has 1 amide bonds. The molecular weight excluding hydrogens is 729 g/mol. The van der Waals surface area contributed by atoms with Crippen molar-refractivity contribution in [3.8, 4) is 11.4 Å². The zero-order valence-corrected chi connectivity index (χ0v) is 30.2. The number of aliphatic hydroxyl groups is 2. The molecule has 11 heteroatoms. The van der Waals surface area contributed by atoms with Gasteiger partial charge in [0.2, 0.25) is 0 Å². The smallest absolute Gasteiger partial charge is 0.333 e. The highest BCUT2D eigenvalue weighted by molar-refractivity contribution is 5.94. The first kappa shape index (κ1) is 47.9. The van der Waals surface area contributed by atoms with E-state index in [0.29, 0.717) is 17.8 Å². The molecule has 11 nitrogen and oxygen atoms in total. The van der Waals surface area contributed by atoms with Gasteiger partial charge in [0.1, 0.15) is 6.10 Å². The SMILES string of the molecule is C.C.C.C.C.Nc1ccc(-n2ccnc2)cc1.O=C(Nc1ccc(-n2ccnc2)cc1)C(O)C12CC3CC(CC(C3)C1)C2.O=C(O)C(O)C12CC3CC(CC(C3)C1)C2. The maximum atomic E-state index is 12.8. The number of aromatic nitrogens is 4. The van der Waals surface area contributed by atoms with Gasteiger partial charge in [-0.05, 0) is 161 Å². The Hall–Kier alpha value is -4.48. The lowest BCUT2D eigenvalue weighted by molar-refractivity contribution is -0.170. The molecule has 0 aliphatic heterocycles. The monoisotopic (exact) mass is 801 g/mol. The van der Waals surface area contributed by atoms with Crippen molar-refractivity contribution in [1.29, 1.82) is 0 Å². The van der Waals surface area contributed by atoms with E-state index < -0.39 is 18.2 Å². The second-order valence-electron chi connectivity index (χ2n) is 17.3. The zero-order valence-electron chi connectivity index (χ0n) is 30.2. The highest BCUT2D eigenvalue weighted by Gasteiger charge is 2.57. The van der Waals surface area contributed by atoms with E-state index in [9.17, 15) is 19.8 Å². The van der Waals surface area contributed by atoms with E-state index in [-0.39, 0.29) is 53.9 Å². The number of benzene rings is 2. The van der Waals surface area contributed by atoms with E-state index in [1.54, 1.807) is 25.0 Å². The average molecular weight is 801 g/mol. The van der Waals surface area contributed by atoms with Crippen molar-refractivity contribution in [2.24, 2.45) is 46.3 Å².